The van der Waals surface area contributed by atoms with Crippen molar-refractivity contribution in [2.75, 3.05) is 18.4 Å². The summed E-state index contributed by atoms with van der Waals surface area (Å²) in [6.07, 6.45) is -0.602. The Morgan fingerprint density at radius 1 is 1.45 bits per heavy atom. The maximum absolute atomic E-state index is 12.5. The highest BCUT2D eigenvalue weighted by atomic mass is 19.4. The van der Waals surface area contributed by atoms with Crippen molar-refractivity contribution in [3.05, 3.63) is 18.1 Å². The summed E-state index contributed by atoms with van der Waals surface area (Å²) in [6, 6.07) is -0.339. The van der Waals surface area contributed by atoms with Crippen molar-refractivity contribution in [1.29, 1.82) is 0 Å². The van der Waals surface area contributed by atoms with Gasteiger partial charge in [-0.25, -0.2) is 4.98 Å². The second-order valence-corrected chi connectivity index (χ2v) is 4.60. The van der Waals surface area contributed by atoms with Crippen molar-refractivity contribution < 1.29 is 18.0 Å². The molecule has 0 saturated heterocycles. The maximum atomic E-state index is 12.5. The molecule has 20 heavy (non-hydrogen) atoms. The molecule has 0 bridgehead atoms. The summed E-state index contributed by atoms with van der Waals surface area (Å²) >= 11 is 0. The molecule has 110 valence electrons. The zero-order valence-electron chi connectivity index (χ0n) is 10.9. The molecular weight excluding hydrogens is 273 g/mol. The molecule has 1 amide bonds. The molecule has 0 radical (unpaired) electrons. The summed E-state index contributed by atoms with van der Waals surface area (Å²) in [4.78, 5) is 20.8. The van der Waals surface area contributed by atoms with Gasteiger partial charge in [-0.15, -0.1) is 0 Å². The van der Waals surface area contributed by atoms with Crippen LogP contribution in [0.2, 0.25) is 0 Å². The Bertz CT molecular complexity index is 488. The molecule has 2 rings (SSSR count). The number of amides is 1. The number of nitrogens with one attached hydrogen (secondary N) is 1. The molecule has 1 saturated carbocycles. The fraction of sp³-hybridized carbons (Fsp3) is 0.583. The molecule has 1 aromatic rings. The zero-order valence-corrected chi connectivity index (χ0v) is 10.9. The van der Waals surface area contributed by atoms with Crippen molar-refractivity contribution in [2.24, 2.45) is 0 Å². The molecule has 8 heteroatoms. The molecular formula is C12H15F3N4O. The van der Waals surface area contributed by atoms with Crippen LogP contribution in [0.3, 0.4) is 0 Å². The lowest BCUT2D eigenvalue weighted by Crippen LogP contribution is -2.41. The number of carbonyl (C=O) groups excluding carboxylic acids is 1. The van der Waals surface area contributed by atoms with Crippen LogP contribution in [0, 0.1) is 0 Å². The first-order valence-electron chi connectivity index (χ1n) is 6.34. The number of aromatic nitrogens is 2. The van der Waals surface area contributed by atoms with E-state index in [0.29, 0.717) is 25.2 Å². The van der Waals surface area contributed by atoms with E-state index in [1.165, 1.54) is 12.4 Å². The minimum absolute atomic E-state index is 0.0698. The number of rotatable bonds is 5. The van der Waals surface area contributed by atoms with Crippen molar-refractivity contribution in [3.8, 4) is 0 Å². The summed E-state index contributed by atoms with van der Waals surface area (Å²) in [6.45, 7) is 1.18. The van der Waals surface area contributed by atoms with Crippen LogP contribution in [0.4, 0.5) is 19.0 Å². The molecule has 1 heterocycles. The second-order valence-electron chi connectivity index (χ2n) is 4.60. The summed E-state index contributed by atoms with van der Waals surface area (Å²) in [5.41, 5.74) is -0.0698. The number of carbonyl (C=O) groups is 1. The largest absolute Gasteiger partial charge is 0.406 e. The molecule has 1 N–H and O–H groups in total. The molecule has 5 nitrogen and oxygen atoms in total. The van der Waals surface area contributed by atoms with Gasteiger partial charge in [0.2, 0.25) is 0 Å². The van der Waals surface area contributed by atoms with Crippen LogP contribution in [0.1, 0.15) is 30.3 Å². The van der Waals surface area contributed by atoms with Crippen LogP contribution in [0.25, 0.3) is 0 Å². The van der Waals surface area contributed by atoms with Crippen LogP contribution < -0.4 is 5.32 Å². The Morgan fingerprint density at radius 2 is 2.15 bits per heavy atom. The van der Waals surface area contributed by atoms with Gasteiger partial charge in [0.25, 0.3) is 5.91 Å². The van der Waals surface area contributed by atoms with Crippen LogP contribution in [-0.4, -0.2) is 46.1 Å². The molecule has 1 aromatic heterocycles. The first-order valence-corrected chi connectivity index (χ1v) is 6.34. The zero-order chi connectivity index (χ0) is 14.8. The van der Waals surface area contributed by atoms with E-state index in [2.05, 4.69) is 15.3 Å². The molecule has 1 aliphatic carbocycles. The molecule has 0 spiro atoms. The van der Waals surface area contributed by atoms with Gasteiger partial charge in [0, 0.05) is 12.6 Å². The van der Waals surface area contributed by atoms with Crippen LogP contribution in [-0.2, 0) is 0 Å². The van der Waals surface area contributed by atoms with E-state index in [1.54, 1.807) is 0 Å². The quantitative estimate of drug-likeness (QED) is 0.901. The Kier molecular flexibility index (Phi) is 4.10. The van der Waals surface area contributed by atoms with E-state index in [4.69, 9.17) is 0 Å². The van der Waals surface area contributed by atoms with Gasteiger partial charge in [-0.1, -0.05) is 0 Å². The van der Waals surface area contributed by atoms with Crippen LogP contribution in [0.5, 0.6) is 0 Å². The van der Waals surface area contributed by atoms with Crippen molar-refractivity contribution in [3.63, 3.8) is 0 Å². The molecule has 0 atom stereocenters. The van der Waals surface area contributed by atoms with E-state index < -0.39 is 18.6 Å². The van der Waals surface area contributed by atoms with Gasteiger partial charge in [0.15, 0.2) is 0 Å². The number of hydrogen-bond donors (Lipinski definition) is 1. The monoisotopic (exact) mass is 288 g/mol. The Morgan fingerprint density at radius 3 is 2.70 bits per heavy atom. The van der Waals surface area contributed by atoms with Gasteiger partial charge in [0.05, 0.1) is 12.4 Å². The van der Waals surface area contributed by atoms with Crippen LogP contribution >= 0.6 is 0 Å². The normalized spacial score (nSPS) is 15.0. The predicted octanol–water partition coefficient (Wildman–Crippen LogP) is 2.08. The third-order valence-electron chi connectivity index (χ3n) is 2.81. The average molecular weight is 288 g/mol. The summed E-state index contributed by atoms with van der Waals surface area (Å²) in [7, 11) is 0. The number of anilines is 1. The summed E-state index contributed by atoms with van der Waals surface area (Å²) in [5, 5.41) is 2.87. The highest BCUT2D eigenvalue weighted by Gasteiger charge is 2.41. The van der Waals surface area contributed by atoms with Gasteiger partial charge in [-0.05, 0) is 19.8 Å². The van der Waals surface area contributed by atoms with E-state index in [0.717, 1.165) is 4.90 Å². The number of nitrogens with zero attached hydrogens (tertiary/aromatic N) is 3. The lowest BCUT2D eigenvalue weighted by atomic mass is 10.3. The van der Waals surface area contributed by atoms with Crippen molar-refractivity contribution >= 4 is 11.7 Å². The maximum Gasteiger partial charge on any atom is 0.406 e. The molecule has 0 aromatic carbocycles. The number of halogens is 3. The first kappa shape index (κ1) is 14.5. The number of alkyl halides is 3. The van der Waals surface area contributed by atoms with E-state index in [1.807, 2.05) is 6.92 Å². The average Bonchev–Trinajstić information content (AvgIpc) is 3.19. The Hall–Kier alpha value is -1.86. The lowest BCUT2D eigenvalue weighted by molar-refractivity contribution is -0.141. The predicted molar refractivity (Wildman–Crippen MR) is 66.3 cm³/mol. The molecule has 1 fully saturated rings. The Balaban J connectivity index is 2.16. The van der Waals surface area contributed by atoms with Gasteiger partial charge in [0.1, 0.15) is 18.1 Å². The fourth-order valence-electron chi connectivity index (χ4n) is 1.83. The molecule has 1 aliphatic rings. The third kappa shape index (κ3) is 3.82. The van der Waals surface area contributed by atoms with E-state index in [9.17, 15) is 18.0 Å². The SMILES string of the molecule is CCNc1cncc(C(=O)N(CC(F)(F)F)C2CC2)n1. The van der Waals surface area contributed by atoms with Gasteiger partial charge >= 0.3 is 6.18 Å². The fourth-order valence-corrected chi connectivity index (χ4v) is 1.83. The molecule has 0 aliphatic heterocycles. The minimum Gasteiger partial charge on any atom is -0.369 e. The highest BCUT2D eigenvalue weighted by Crippen LogP contribution is 2.31. The summed E-state index contributed by atoms with van der Waals surface area (Å²) in [5.74, 6) is -0.349. The van der Waals surface area contributed by atoms with E-state index in [-0.39, 0.29) is 11.7 Å². The van der Waals surface area contributed by atoms with Gasteiger partial charge in [-0.2, -0.15) is 13.2 Å². The van der Waals surface area contributed by atoms with Crippen molar-refractivity contribution in [1.82, 2.24) is 14.9 Å². The van der Waals surface area contributed by atoms with Crippen LogP contribution in [0.15, 0.2) is 12.4 Å². The standard InChI is InChI=1S/C12H15F3N4O/c1-2-17-10-6-16-5-9(18-10)11(20)19(8-3-4-8)7-12(13,14)15/h5-6,8H,2-4,7H2,1H3,(H,17,18). The van der Waals surface area contributed by atoms with E-state index >= 15 is 0 Å². The topological polar surface area (TPSA) is 58.1 Å². The lowest BCUT2D eigenvalue weighted by Gasteiger charge is -2.23. The van der Waals surface area contributed by atoms with Crippen molar-refractivity contribution in [2.45, 2.75) is 32.0 Å². The Labute approximate surface area is 114 Å². The molecule has 0 unspecified atom stereocenters. The first-order chi connectivity index (χ1) is 9.40. The number of hydrogen-bond acceptors (Lipinski definition) is 4. The smallest absolute Gasteiger partial charge is 0.369 e. The second kappa shape index (κ2) is 5.64. The van der Waals surface area contributed by atoms with Gasteiger partial charge < -0.3 is 10.2 Å². The third-order valence-corrected chi connectivity index (χ3v) is 2.81. The minimum atomic E-state index is -4.41. The van der Waals surface area contributed by atoms with Gasteiger partial charge in [-0.3, -0.25) is 9.78 Å². The highest BCUT2D eigenvalue weighted by molar-refractivity contribution is 5.92. The summed E-state index contributed by atoms with van der Waals surface area (Å²) < 4.78 is 37.6.